The maximum Gasteiger partial charge on any atom is 0.263 e. The van der Waals surface area contributed by atoms with Crippen LogP contribution in [-0.2, 0) is 0 Å². The van der Waals surface area contributed by atoms with Gasteiger partial charge in [0.15, 0.2) is 0 Å². The largest absolute Gasteiger partial charge is 0.345 e. The van der Waals surface area contributed by atoms with E-state index in [4.69, 9.17) is 0 Å². The molecule has 4 nitrogen and oxygen atoms in total. The second kappa shape index (κ2) is 5.62. The molecule has 0 spiro atoms. The smallest absolute Gasteiger partial charge is 0.263 e. The monoisotopic (exact) mass is 297 g/mol. The molecular weight excluding hydrogens is 284 g/mol. The van der Waals surface area contributed by atoms with Crippen molar-refractivity contribution in [3.05, 3.63) is 35.1 Å². The van der Waals surface area contributed by atoms with Gasteiger partial charge in [-0.3, -0.25) is 9.78 Å². The summed E-state index contributed by atoms with van der Waals surface area (Å²) in [6.07, 6.45) is 3.28. The molecule has 2 aromatic rings. The Hall–Kier alpha value is -1.89. The van der Waals surface area contributed by atoms with Crippen molar-refractivity contribution < 1.29 is 13.6 Å². The average molecular weight is 297 g/mol. The number of pyridine rings is 1. The highest BCUT2D eigenvalue weighted by Crippen LogP contribution is 2.27. The highest BCUT2D eigenvalue weighted by Gasteiger charge is 2.24. The van der Waals surface area contributed by atoms with Crippen molar-refractivity contribution in [1.29, 1.82) is 0 Å². The minimum Gasteiger partial charge on any atom is -0.345 e. The number of nitrogens with one attached hydrogen (secondary N) is 1. The summed E-state index contributed by atoms with van der Waals surface area (Å²) in [7, 11) is 0. The van der Waals surface area contributed by atoms with Crippen LogP contribution in [0.15, 0.2) is 24.5 Å². The Morgan fingerprint density at radius 3 is 2.85 bits per heavy atom. The number of carbonyl (C=O) groups is 1. The number of alkyl halides is 2. The number of carbonyl (C=O) groups excluding carboxylic acids is 1. The zero-order valence-corrected chi connectivity index (χ0v) is 11.8. The van der Waals surface area contributed by atoms with Gasteiger partial charge in [-0.05, 0) is 19.1 Å². The molecule has 0 unspecified atom stereocenters. The van der Waals surface area contributed by atoms with E-state index in [-0.39, 0.29) is 0 Å². The van der Waals surface area contributed by atoms with E-state index >= 15 is 0 Å². The van der Waals surface area contributed by atoms with Crippen molar-refractivity contribution in [3.63, 3.8) is 0 Å². The van der Waals surface area contributed by atoms with Crippen LogP contribution in [-0.4, -0.2) is 28.3 Å². The summed E-state index contributed by atoms with van der Waals surface area (Å²) in [5, 5.41) is 2.85. The topological polar surface area (TPSA) is 54.9 Å². The van der Waals surface area contributed by atoms with Crippen LogP contribution >= 0.6 is 11.3 Å². The van der Waals surface area contributed by atoms with E-state index in [0.29, 0.717) is 15.6 Å². The average Bonchev–Trinajstić information content (AvgIpc) is 2.78. The molecule has 0 atom stereocenters. The molecule has 0 radical (unpaired) electrons. The summed E-state index contributed by atoms with van der Waals surface area (Å²) >= 11 is 1.16. The second-order valence-corrected chi connectivity index (χ2v) is 5.43. The molecule has 20 heavy (non-hydrogen) atoms. The Labute approximate surface area is 118 Å². The lowest BCUT2D eigenvalue weighted by molar-refractivity contribution is 0.0221. The van der Waals surface area contributed by atoms with Crippen LogP contribution in [0.1, 0.15) is 22.3 Å². The summed E-state index contributed by atoms with van der Waals surface area (Å²) < 4.78 is 25.5. The van der Waals surface area contributed by atoms with Crippen LogP contribution in [0, 0.1) is 6.92 Å². The van der Waals surface area contributed by atoms with E-state index in [1.807, 2.05) is 6.07 Å². The van der Waals surface area contributed by atoms with Gasteiger partial charge >= 0.3 is 0 Å². The number of rotatable bonds is 4. The minimum absolute atomic E-state index is 0.341. The first-order valence-corrected chi connectivity index (χ1v) is 6.72. The van der Waals surface area contributed by atoms with Crippen LogP contribution in [0.4, 0.5) is 8.78 Å². The molecule has 106 valence electrons. The molecule has 0 aromatic carbocycles. The molecule has 2 heterocycles. The highest BCUT2D eigenvalue weighted by atomic mass is 32.1. The Morgan fingerprint density at radius 2 is 2.25 bits per heavy atom. The summed E-state index contributed by atoms with van der Waals surface area (Å²) in [5.41, 5.74) is 1.31. The van der Waals surface area contributed by atoms with E-state index < -0.39 is 18.4 Å². The summed E-state index contributed by atoms with van der Waals surface area (Å²) in [6.45, 7) is 1.74. The van der Waals surface area contributed by atoms with Crippen molar-refractivity contribution >= 4 is 17.2 Å². The number of nitrogens with zero attached hydrogens (tertiary/aromatic N) is 2. The zero-order valence-electron chi connectivity index (χ0n) is 11.0. The predicted octanol–water partition coefficient (Wildman–Crippen LogP) is 2.90. The van der Waals surface area contributed by atoms with E-state index in [2.05, 4.69) is 15.3 Å². The molecule has 7 heteroatoms. The molecule has 1 N–H and O–H groups in total. The molecule has 0 fully saturated rings. The molecule has 2 rings (SSSR count). The fourth-order valence-corrected chi connectivity index (χ4v) is 2.51. The van der Waals surface area contributed by atoms with Crippen LogP contribution in [0.2, 0.25) is 0 Å². The number of aryl methyl sites for hydroxylation is 1. The highest BCUT2D eigenvalue weighted by molar-refractivity contribution is 7.17. The molecule has 0 bridgehead atoms. The van der Waals surface area contributed by atoms with E-state index in [1.165, 1.54) is 0 Å². The van der Waals surface area contributed by atoms with Gasteiger partial charge in [0.05, 0.1) is 12.2 Å². The molecule has 1 amide bonds. The summed E-state index contributed by atoms with van der Waals surface area (Å²) in [6, 6.07) is 3.59. The van der Waals surface area contributed by atoms with Crippen LogP contribution in [0.25, 0.3) is 10.6 Å². The van der Waals surface area contributed by atoms with Gasteiger partial charge < -0.3 is 5.32 Å². The van der Waals surface area contributed by atoms with Crippen molar-refractivity contribution in [3.8, 4) is 10.6 Å². The van der Waals surface area contributed by atoms with E-state index in [9.17, 15) is 13.6 Å². The Morgan fingerprint density at radius 1 is 1.50 bits per heavy atom. The van der Waals surface area contributed by atoms with Crippen molar-refractivity contribution in [1.82, 2.24) is 15.3 Å². The lowest BCUT2D eigenvalue weighted by atomic mass is 10.3. The SMILES string of the molecule is Cc1nc(-c2cccnc2)sc1C(=O)NCC(C)(F)F. The van der Waals surface area contributed by atoms with Crippen LogP contribution in [0.3, 0.4) is 0 Å². The van der Waals surface area contributed by atoms with Crippen LogP contribution in [0.5, 0.6) is 0 Å². The normalized spacial score (nSPS) is 11.4. The lowest BCUT2D eigenvalue weighted by Gasteiger charge is -2.10. The molecule has 0 aliphatic carbocycles. The standard InChI is InChI=1S/C13H13F2N3OS/c1-8-10(11(19)17-7-13(2,14)15)20-12(18-8)9-4-3-5-16-6-9/h3-6H,7H2,1-2H3,(H,17,19). The third kappa shape index (κ3) is 3.57. The zero-order chi connectivity index (χ0) is 14.8. The number of halogens is 2. The van der Waals surface area contributed by atoms with Gasteiger partial charge in [0.1, 0.15) is 9.88 Å². The maximum absolute atomic E-state index is 12.7. The Balaban J connectivity index is 2.18. The fraction of sp³-hybridized carbons (Fsp3) is 0.308. The predicted molar refractivity (Wildman–Crippen MR) is 73.0 cm³/mol. The van der Waals surface area contributed by atoms with Crippen molar-refractivity contribution in [2.45, 2.75) is 19.8 Å². The molecule has 0 aliphatic rings. The second-order valence-electron chi connectivity index (χ2n) is 4.43. The molecule has 0 aliphatic heterocycles. The van der Waals surface area contributed by atoms with Gasteiger partial charge in [0.2, 0.25) is 0 Å². The van der Waals surface area contributed by atoms with Crippen molar-refractivity contribution in [2.75, 3.05) is 6.54 Å². The fourth-order valence-electron chi connectivity index (χ4n) is 1.54. The number of hydrogen-bond acceptors (Lipinski definition) is 4. The number of amides is 1. The van der Waals surface area contributed by atoms with Gasteiger partial charge in [-0.1, -0.05) is 0 Å². The Kier molecular flexibility index (Phi) is 4.08. The lowest BCUT2D eigenvalue weighted by Crippen LogP contribution is -2.34. The molecule has 0 saturated heterocycles. The number of thiazole rings is 1. The first kappa shape index (κ1) is 14.5. The summed E-state index contributed by atoms with van der Waals surface area (Å²) in [4.78, 5) is 20.5. The molecule has 0 saturated carbocycles. The minimum atomic E-state index is -2.93. The third-order valence-electron chi connectivity index (χ3n) is 2.47. The van der Waals surface area contributed by atoms with Gasteiger partial charge in [0.25, 0.3) is 11.8 Å². The maximum atomic E-state index is 12.7. The quantitative estimate of drug-likeness (QED) is 0.944. The third-order valence-corrected chi connectivity index (χ3v) is 3.68. The van der Waals surface area contributed by atoms with Crippen molar-refractivity contribution in [2.24, 2.45) is 0 Å². The van der Waals surface area contributed by atoms with Gasteiger partial charge in [-0.25, -0.2) is 13.8 Å². The first-order chi connectivity index (χ1) is 9.37. The van der Waals surface area contributed by atoms with E-state index in [1.54, 1.807) is 25.4 Å². The summed E-state index contributed by atoms with van der Waals surface area (Å²) in [5.74, 6) is -3.46. The first-order valence-electron chi connectivity index (χ1n) is 5.91. The molecular formula is C13H13F2N3OS. The van der Waals surface area contributed by atoms with Gasteiger partial charge in [-0.15, -0.1) is 11.3 Å². The van der Waals surface area contributed by atoms with Gasteiger partial charge in [-0.2, -0.15) is 0 Å². The Bertz CT molecular complexity index is 608. The van der Waals surface area contributed by atoms with Gasteiger partial charge in [0, 0.05) is 24.9 Å². The number of hydrogen-bond donors (Lipinski definition) is 1. The van der Waals surface area contributed by atoms with E-state index in [0.717, 1.165) is 23.8 Å². The van der Waals surface area contributed by atoms with Crippen LogP contribution < -0.4 is 5.32 Å². The number of aromatic nitrogens is 2. The molecule has 2 aromatic heterocycles.